The molecule has 0 saturated carbocycles. The summed E-state index contributed by atoms with van der Waals surface area (Å²) in [6.45, 7) is 3.85. The topological polar surface area (TPSA) is 52.0 Å². The molecule has 122 valence electrons. The van der Waals surface area contributed by atoms with Crippen molar-refractivity contribution in [3.05, 3.63) is 47.6 Å². The van der Waals surface area contributed by atoms with Gasteiger partial charge in [0.15, 0.2) is 5.82 Å². The fraction of sp³-hybridized carbons (Fsp3) is 0.444. The Balaban J connectivity index is 1.52. The Hall–Kier alpha value is -2.14. The minimum atomic E-state index is 0.455. The van der Waals surface area contributed by atoms with E-state index < -0.39 is 0 Å². The summed E-state index contributed by atoms with van der Waals surface area (Å²) in [5.74, 6) is 2.99. The molecule has 3 rings (SSSR count). The molecular weight excluding hydrogens is 288 g/mol. The number of hydrogen-bond acceptors (Lipinski definition) is 4. The summed E-state index contributed by atoms with van der Waals surface area (Å²) >= 11 is 0. The summed E-state index contributed by atoms with van der Waals surface area (Å²) in [5, 5.41) is 8.13. The Morgan fingerprint density at radius 1 is 1.39 bits per heavy atom. The number of methoxy groups -OCH3 is 1. The van der Waals surface area contributed by atoms with Gasteiger partial charge < -0.3 is 10.1 Å². The van der Waals surface area contributed by atoms with Crippen molar-refractivity contribution < 1.29 is 4.74 Å². The molecule has 1 N–H and O–H groups in total. The first-order valence-corrected chi connectivity index (χ1v) is 8.25. The van der Waals surface area contributed by atoms with Crippen LogP contribution in [0.2, 0.25) is 0 Å². The van der Waals surface area contributed by atoms with Gasteiger partial charge in [-0.05, 0) is 12.5 Å². The third-order valence-electron chi connectivity index (χ3n) is 4.18. The first-order valence-electron chi connectivity index (χ1n) is 8.25. The maximum atomic E-state index is 5.35. The van der Waals surface area contributed by atoms with E-state index in [2.05, 4.69) is 45.2 Å². The second kappa shape index (κ2) is 7.42. The van der Waals surface area contributed by atoms with E-state index in [0.717, 1.165) is 55.3 Å². The van der Waals surface area contributed by atoms with Gasteiger partial charge in [0.25, 0.3) is 0 Å². The van der Waals surface area contributed by atoms with Gasteiger partial charge in [-0.25, -0.2) is 9.67 Å². The van der Waals surface area contributed by atoms with Crippen molar-refractivity contribution in [3.8, 4) is 5.75 Å². The largest absolute Gasteiger partial charge is 0.496 e. The zero-order valence-electron chi connectivity index (χ0n) is 13.8. The van der Waals surface area contributed by atoms with Crippen molar-refractivity contribution in [2.24, 2.45) is 0 Å². The van der Waals surface area contributed by atoms with Gasteiger partial charge in [-0.3, -0.25) is 0 Å². The molecule has 1 atom stereocenters. The highest BCUT2D eigenvalue weighted by Crippen LogP contribution is 2.18. The first kappa shape index (κ1) is 15.7. The fourth-order valence-corrected chi connectivity index (χ4v) is 2.90. The van der Waals surface area contributed by atoms with Crippen LogP contribution in [-0.2, 0) is 19.4 Å². The van der Waals surface area contributed by atoms with Gasteiger partial charge in [0.1, 0.15) is 11.6 Å². The number of fused-ring (bicyclic) bond motifs is 1. The molecule has 1 aromatic carbocycles. The van der Waals surface area contributed by atoms with Crippen molar-refractivity contribution in [2.75, 3.05) is 13.7 Å². The number of hydrogen-bond donors (Lipinski definition) is 1. The van der Waals surface area contributed by atoms with Crippen molar-refractivity contribution in [3.63, 3.8) is 0 Å². The SMILES string of the molecule is CCc1nc2n(n1)CC(NCC=Cc1ccccc1OC)CC2. The van der Waals surface area contributed by atoms with Crippen LogP contribution in [0.25, 0.3) is 6.08 Å². The van der Waals surface area contributed by atoms with Crippen LogP contribution < -0.4 is 10.1 Å². The van der Waals surface area contributed by atoms with Crippen LogP contribution in [0.4, 0.5) is 0 Å². The Morgan fingerprint density at radius 3 is 3.09 bits per heavy atom. The maximum absolute atomic E-state index is 5.35. The van der Waals surface area contributed by atoms with E-state index >= 15 is 0 Å². The summed E-state index contributed by atoms with van der Waals surface area (Å²) in [6, 6.07) is 8.50. The van der Waals surface area contributed by atoms with Crippen LogP contribution in [-0.4, -0.2) is 34.5 Å². The molecular formula is C18H24N4O. The lowest BCUT2D eigenvalue weighted by atomic mass is 10.1. The average molecular weight is 312 g/mol. The molecule has 1 unspecified atom stereocenters. The third kappa shape index (κ3) is 3.79. The van der Waals surface area contributed by atoms with Crippen molar-refractivity contribution in [1.29, 1.82) is 0 Å². The molecule has 5 nitrogen and oxygen atoms in total. The highest BCUT2D eigenvalue weighted by molar-refractivity contribution is 5.57. The standard InChI is InChI=1S/C18H24N4O/c1-3-17-20-18-11-10-15(13-22(18)21-17)19-12-6-8-14-7-4-5-9-16(14)23-2/h4-9,15,19H,3,10-13H2,1-2H3. The minimum absolute atomic E-state index is 0.455. The lowest BCUT2D eigenvalue weighted by molar-refractivity contribution is 0.369. The highest BCUT2D eigenvalue weighted by atomic mass is 16.5. The Bertz CT molecular complexity index is 677. The second-order valence-electron chi connectivity index (χ2n) is 5.77. The molecule has 0 amide bonds. The molecule has 2 heterocycles. The molecule has 0 fully saturated rings. The fourth-order valence-electron chi connectivity index (χ4n) is 2.90. The number of aromatic nitrogens is 3. The lowest BCUT2D eigenvalue weighted by Gasteiger charge is -2.23. The van der Waals surface area contributed by atoms with Gasteiger partial charge in [0.2, 0.25) is 0 Å². The number of nitrogens with zero attached hydrogens (tertiary/aromatic N) is 3. The van der Waals surface area contributed by atoms with Gasteiger partial charge in [-0.15, -0.1) is 0 Å². The number of aryl methyl sites for hydroxylation is 2. The van der Waals surface area contributed by atoms with Crippen LogP contribution in [0.1, 0.15) is 30.6 Å². The second-order valence-corrected chi connectivity index (χ2v) is 5.77. The minimum Gasteiger partial charge on any atom is -0.496 e. The van der Waals surface area contributed by atoms with Crippen molar-refractivity contribution >= 4 is 6.08 Å². The zero-order valence-corrected chi connectivity index (χ0v) is 13.8. The van der Waals surface area contributed by atoms with E-state index in [9.17, 15) is 0 Å². The molecule has 2 aromatic rings. The normalized spacial score (nSPS) is 17.4. The van der Waals surface area contributed by atoms with Crippen LogP contribution in [0.15, 0.2) is 30.3 Å². The van der Waals surface area contributed by atoms with Gasteiger partial charge in [0.05, 0.1) is 13.7 Å². The van der Waals surface area contributed by atoms with E-state index in [1.165, 1.54) is 0 Å². The molecule has 0 radical (unpaired) electrons. The third-order valence-corrected chi connectivity index (χ3v) is 4.18. The molecule has 0 saturated heterocycles. The summed E-state index contributed by atoms with van der Waals surface area (Å²) in [4.78, 5) is 4.56. The summed E-state index contributed by atoms with van der Waals surface area (Å²) in [7, 11) is 1.70. The van der Waals surface area contributed by atoms with E-state index in [0.29, 0.717) is 6.04 Å². The molecule has 0 spiro atoms. The van der Waals surface area contributed by atoms with Gasteiger partial charge in [-0.2, -0.15) is 5.10 Å². The summed E-state index contributed by atoms with van der Waals surface area (Å²) < 4.78 is 7.41. The zero-order chi connectivity index (χ0) is 16.1. The van der Waals surface area contributed by atoms with Crippen LogP contribution in [0, 0.1) is 0 Å². The molecule has 5 heteroatoms. The molecule has 1 aromatic heterocycles. The highest BCUT2D eigenvalue weighted by Gasteiger charge is 2.20. The van der Waals surface area contributed by atoms with E-state index in [1.54, 1.807) is 7.11 Å². The van der Waals surface area contributed by atoms with E-state index in [4.69, 9.17) is 4.74 Å². The predicted molar refractivity (Wildman–Crippen MR) is 91.5 cm³/mol. The molecule has 0 aliphatic carbocycles. The predicted octanol–water partition coefficient (Wildman–Crippen LogP) is 2.47. The smallest absolute Gasteiger partial charge is 0.150 e. The summed E-state index contributed by atoms with van der Waals surface area (Å²) in [6.07, 6.45) is 7.27. The van der Waals surface area contributed by atoms with E-state index in [1.807, 2.05) is 18.2 Å². The number of benzene rings is 1. The number of ether oxygens (including phenoxy) is 1. The van der Waals surface area contributed by atoms with Gasteiger partial charge in [-0.1, -0.05) is 37.3 Å². The monoisotopic (exact) mass is 312 g/mol. The van der Waals surface area contributed by atoms with Gasteiger partial charge >= 0.3 is 0 Å². The van der Waals surface area contributed by atoms with Gasteiger partial charge in [0, 0.05) is 31.0 Å². The Morgan fingerprint density at radius 2 is 2.26 bits per heavy atom. The maximum Gasteiger partial charge on any atom is 0.150 e. The van der Waals surface area contributed by atoms with Crippen molar-refractivity contribution in [2.45, 2.75) is 38.8 Å². The molecule has 23 heavy (non-hydrogen) atoms. The van der Waals surface area contributed by atoms with Crippen LogP contribution in [0.5, 0.6) is 5.75 Å². The number of nitrogens with one attached hydrogen (secondary N) is 1. The van der Waals surface area contributed by atoms with Crippen LogP contribution >= 0.6 is 0 Å². The number of rotatable bonds is 6. The van der Waals surface area contributed by atoms with E-state index in [-0.39, 0.29) is 0 Å². The molecule has 0 bridgehead atoms. The Labute approximate surface area is 137 Å². The summed E-state index contributed by atoms with van der Waals surface area (Å²) in [5.41, 5.74) is 1.10. The molecule has 1 aliphatic heterocycles. The number of para-hydroxylation sites is 1. The quantitative estimate of drug-likeness (QED) is 0.890. The Kier molecular flexibility index (Phi) is 5.08. The first-order chi connectivity index (χ1) is 11.3. The molecule has 1 aliphatic rings. The lowest BCUT2D eigenvalue weighted by Crippen LogP contribution is -2.37. The average Bonchev–Trinajstić information content (AvgIpc) is 3.01. The van der Waals surface area contributed by atoms with Crippen LogP contribution in [0.3, 0.4) is 0 Å². The van der Waals surface area contributed by atoms with Crippen molar-refractivity contribution in [1.82, 2.24) is 20.1 Å².